The number of carbonyl (C=O) groups excluding carboxylic acids is 2. The Labute approximate surface area is 145 Å². The average Bonchev–Trinajstić information content (AvgIpc) is 3.29. The van der Waals surface area contributed by atoms with Gasteiger partial charge in [-0.25, -0.2) is 4.79 Å². The van der Waals surface area contributed by atoms with Crippen LogP contribution in [0.15, 0.2) is 33.4 Å². The SMILES string of the molecule is CC1CCCC(C)C12NC(=O)N(Cc1cc(-c3ccco3)on1)C2=O. The number of hydrogen-bond donors (Lipinski definition) is 1. The van der Waals surface area contributed by atoms with Gasteiger partial charge in [-0.3, -0.25) is 9.69 Å². The zero-order chi connectivity index (χ0) is 17.6. The van der Waals surface area contributed by atoms with Crippen molar-refractivity contribution in [2.75, 3.05) is 0 Å². The Morgan fingerprint density at radius 2 is 2.04 bits per heavy atom. The van der Waals surface area contributed by atoms with Crippen molar-refractivity contribution in [1.82, 2.24) is 15.4 Å². The standard InChI is InChI=1S/C18H21N3O4/c1-11-5-3-6-12(2)18(11)16(22)21(17(23)19-18)10-13-9-15(25-20-13)14-7-4-8-24-14/h4,7-9,11-12H,3,5-6,10H2,1-2H3,(H,19,23). The summed E-state index contributed by atoms with van der Waals surface area (Å²) in [6, 6.07) is 4.86. The van der Waals surface area contributed by atoms with Crippen LogP contribution in [0.5, 0.6) is 0 Å². The fraction of sp³-hybridized carbons (Fsp3) is 0.500. The molecule has 25 heavy (non-hydrogen) atoms. The zero-order valence-corrected chi connectivity index (χ0v) is 14.3. The van der Waals surface area contributed by atoms with Gasteiger partial charge in [-0.05, 0) is 36.8 Å². The topological polar surface area (TPSA) is 88.6 Å². The van der Waals surface area contributed by atoms with Gasteiger partial charge < -0.3 is 14.3 Å². The molecule has 1 aliphatic heterocycles. The first kappa shape index (κ1) is 15.9. The van der Waals surface area contributed by atoms with Gasteiger partial charge in [0, 0.05) is 6.07 Å². The number of carbonyl (C=O) groups is 2. The average molecular weight is 343 g/mol. The van der Waals surface area contributed by atoms with Crippen LogP contribution in [0.4, 0.5) is 4.79 Å². The van der Waals surface area contributed by atoms with Crippen molar-refractivity contribution in [3.8, 4) is 11.5 Å². The highest BCUT2D eigenvalue weighted by molar-refractivity contribution is 6.07. The Hall–Kier alpha value is -2.57. The summed E-state index contributed by atoms with van der Waals surface area (Å²) in [6.45, 7) is 4.18. The van der Waals surface area contributed by atoms with Crippen LogP contribution >= 0.6 is 0 Å². The molecule has 2 atom stereocenters. The normalized spacial score (nSPS) is 29.4. The summed E-state index contributed by atoms with van der Waals surface area (Å²) in [5.74, 6) is 1.12. The number of furan rings is 1. The molecule has 4 rings (SSSR count). The zero-order valence-electron chi connectivity index (χ0n) is 14.3. The number of aromatic nitrogens is 1. The first-order valence-electron chi connectivity index (χ1n) is 8.66. The summed E-state index contributed by atoms with van der Waals surface area (Å²) in [7, 11) is 0. The second-order valence-corrected chi connectivity index (χ2v) is 7.08. The summed E-state index contributed by atoms with van der Waals surface area (Å²) in [5.41, 5.74) is -0.272. The van der Waals surface area contributed by atoms with Gasteiger partial charge in [0.15, 0.2) is 5.76 Å². The van der Waals surface area contributed by atoms with Crippen LogP contribution < -0.4 is 5.32 Å². The van der Waals surface area contributed by atoms with Gasteiger partial charge in [0.25, 0.3) is 5.91 Å². The molecule has 1 aliphatic carbocycles. The van der Waals surface area contributed by atoms with Crippen molar-refractivity contribution in [1.29, 1.82) is 0 Å². The van der Waals surface area contributed by atoms with Crippen LogP contribution in [0.2, 0.25) is 0 Å². The number of nitrogens with one attached hydrogen (secondary N) is 1. The van der Waals surface area contributed by atoms with Crippen molar-refractivity contribution in [2.45, 2.75) is 45.2 Å². The van der Waals surface area contributed by atoms with E-state index in [2.05, 4.69) is 10.5 Å². The van der Waals surface area contributed by atoms with Crippen molar-refractivity contribution < 1.29 is 18.5 Å². The van der Waals surface area contributed by atoms with Crippen LogP contribution in [0.3, 0.4) is 0 Å². The van der Waals surface area contributed by atoms with Gasteiger partial charge in [0.1, 0.15) is 11.2 Å². The summed E-state index contributed by atoms with van der Waals surface area (Å²) in [4.78, 5) is 26.9. The lowest BCUT2D eigenvalue weighted by Gasteiger charge is -2.42. The number of amides is 3. The molecule has 2 fully saturated rings. The molecule has 3 heterocycles. The summed E-state index contributed by atoms with van der Waals surface area (Å²) >= 11 is 0. The molecule has 1 spiro atoms. The molecule has 0 radical (unpaired) electrons. The minimum Gasteiger partial charge on any atom is -0.461 e. The largest absolute Gasteiger partial charge is 0.461 e. The van der Waals surface area contributed by atoms with Crippen molar-refractivity contribution in [3.05, 3.63) is 30.2 Å². The molecule has 1 saturated carbocycles. The van der Waals surface area contributed by atoms with E-state index in [1.165, 1.54) is 4.90 Å². The molecule has 0 bridgehead atoms. The molecule has 132 valence electrons. The Balaban J connectivity index is 1.57. The van der Waals surface area contributed by atoms with E-state index in [9.17, 15) is 9.59 Å². The van der Waals surface area contributed by atoms with Gasteiger partial charge in [-0.1, -0.05) is 25.4 Å². The summed E-state index contributed by atoms with van der Waals surface area (Å²) in [6.07, 6.45) is 4.52. The van der Waals surface area contributed by atoms with Gasteiger partial charge in [0.05, 0.1) is 12.8 Å². The van der Waals surface area contributed by atoms with Gasteiger partial charge in [-0.2, -0.15) is 0 Å². The molecule has 2 aromatic rings. The molecule has 2 aromatic heterocycles. The Kier molecular flexibility index (Phi) is 3.67. The van der Waals surface area contributed by atoms with Crippen LogP contribution in [-0.4, -0.2) is 27.5 Å². The van der Waals surface area contributed by atoms with Gasteiger partial charge in [-0.15, -0.1) is 0 Å². The van der Waals surface area contributed by atoms with E-state index in [1.54, 1.807) is 24.5 Å². The molecule has 7 heteroatoms. The number of nitrogens with zero attached hydrogens (tertiary/aromatic N) is 2. The third-order valence-electron chi connectivity index (χ3n) is 5.63. The lowest BCUT2D eigenvalue weighted by Crippen LogP contribution is -2.58. The molecule has 0 aromatic carbocycles. The Morgan fingerprint density at radius 1 is 1.28 bits per heavy atom. The predicted octanol–water partition coefficient (Wildman–Crippen LogP) is 3.18. The minimum absolute atomic E-state index is 0.0933. The van der Waals surface area contributed by atoms with Crippen molar-refractivity contribution in [3.63, 3.8) is 0 Å². The van der Waals surface area contributed by atoms with E-state index in [-0.39, 0.29) is 30.3 Å². The summed E-state index contributed by atoms with van der Waals surface area (Å²) in [5, 5.41) is 6.95. The molecule has 3 amide bonds. The van der Waals surface area contributed by atoms with E-state index < -0.39 is 5.54 Å². The molecule has 2 aliphatic rings. The molecule has 1 saturated heterocycles. The molecular weight excluding hydrogens is 322 g/mol. The molecule has 2 unspecified atom stereocenters. The van der Waals surface area contributed by atoms with Crippen LogP contribution in [0, 0.1) is 11.8 Å². The first-order valence-corrected chi connectivity index (χ1v) is 8.66. The Morgan fingerprint density at radius 3 is 2.72 bits per heavy atom. The highest BCUT2D eigenvalue weighted by atomic mass is 16.5. The Bertz CT molecular complexity index is 785. The first-order chi connectivity index (χ1) is 12.0. The highest BCUT2D eigenvalue weighted by Crippen LogP contribution is 2.42. The minimum atomic E-state index is -0.789. The van der Waals surface area contributed by atoms with E-state index in [0.29, 0.717) is 17.2 Å². The van der Waals surface area contributed by atoms with E-state index >= 15 is 0 Å². The second-order valence-electron chi connectivity index (χ2n) is 7.08. The summed E-state index contributed by atoms with van der Waals surface area (Å²) < 4.78 is 10.5. The van der Waals surface area contributed by atoms with Crippen LogP contribution in [0.25, 0.3) is 11.5 Å². The highest BCUT2D eigenvalue weighted by Gasteiger charge is 2.58. The second kappa shape index (κ2) is 5.75. The van der Waals surface area contributed by atoms with Crippen LogP contribution in [-0.2, 0) is 11.3 Å². The molecule has 1 N–H and O–H groups in total. The maximum atomic E-state index is 13.1. The quantitative estimate of drug-likeness (QED) is 0.865. The lowest BCUT2D eigenvalue weighted by atomic mass is 9.67. The number of rotatable bonds is 3. The van der Waals surface area contributed by atoms with Crippen molar-refractivity contribution in [2.24, 2.45) is 11.8 Å². The van der Waals surface area contributed by atoms with E-state index in [1.807, 2.05) is 13.8 Å². The maximum Gasteiger partial charge on any atom is 0.325 e. The molecular formula is C18H21N3O4. The predicted molar refractivity (Wildman–Crippen MR) is 88.2 cm³/mol. The van der Waals surface area contributed by atoms with Gasteiger partial charge in [0.2, 0.25) is 5.76 Å². The van der Waals surface area contributed by atoms with Gasteiger partial charge >= 0.3 is 6.03 Å². The third-order valence-corrected chi connectivity index (χ3v) is 5.63. The number of urea groups is 1. The van der Waals surface area contributed by atoms with E-state index in [4.69, 9.17) is 8.94 Å². The lowest BCUT2D eigenvalue weighted by molar-refractivity contribution is -0.137. The smallest absolute Gasteiger partial charge is 0.325 e. The number of hydrogen-bond acceptors (Lipinski definition) is 5. The molecule has 7 nitrogen and oxygen atoms in total. The van der Waals surface area contributed by atoms with Crippen LogP contribution in [0.1, 0.15) is 38.8 Å². The third kappa shape index (κ3) is 2.37. The monoisotopic (exact) mass is 343 g/mol. The van der Waals surface area contributed by atoms with E-state index in [0.717, 1.165) is 19.3 Å². The van der Waals surface area contributed by atoms with Crippen molar-refractivity contribution >= 4 is 11.9 Å². The number of imide groups is 1. The fourth-order valence-electron chi connectivity index (χ4n) is 4.18. The maximum absolute atomic E-state index is 13.1. The fourth-order valence-corrected chi connectivity index (χ4v) is 4.18.